The SMILES string of the molecule is O=C(NCCCC(=O)N1CCC(C(=O)N2CCCCC2)CC1)c1ccccc1. The predicted molar refractivity (Wildman–Crippen MR) is 108 cm³/mol. The second-order valence-corrected chi connectivity index (χ2v) is 7.77. The van der Waals surface area contributed by atoms with E-state index in [1.165, 1.54) is 6.42 Å². The van der Waals surface area contributed by atoms with Gasteiger partial charge in [-0.3, -0.25) is 14.4 Å². The zero-order chi connectivity index (χ0) is 19.8. The molecule has 1 aromatic rings. The number of nitrogens with one attached hydrogen (secondary N) is 1. The summed E-state index contributed by atoms with van der Waals surface area (Å²) in [4.78, 5) is 40.9. The predicted octanol–water partition coefficient (Wildman–Crippen LogP) is 2.45. The fourth-order valence-corrected chi connectivity index (χ4v) is 4.04. The molecule has 0 radical (unpaired) electrons. The van der Waals surface area contributed by atoms with Crippen LogP contribution in [0.1, 0.15) is 55.3 Å². The lowest BCUT2D eigenvalue weighted by molar-refractivity contribution is -0.141. The lowest BCUT2D eigenvalue weighted by Gasteiger charge is -2.35. The molecule has 0 unspecified atom stereocenters. The molecule has 0 bridgehead atoms. The Kier molecular flexibility index (Phi) is 7.46. The first-order valence-electron chi connectivity index (χ1n) is 10.5. The van der Waals surface area contributed by atoms with Gasteiger partial charge in [-0.1, -0.05) is 18.2 Å². The van der Waals surface area contributed by atoms with Crippen LogP contribution in [-0.4, -0.2) is 60.2 Å². The van der Waals surface area contributed by atoms with Gasteiger partial charge in [0.05, 0.1) is 0 Å². The van der Waals surface area contributed by atoms with Crippen LogP contribution in [0.25, 0.3) is 0 Å². The molecule has 6 nitrogen and oxygen atoms in total. The van der Waals surface area contributed by atoms with E-state index < -0.39 is 0 Å². The van der Waals surface area contributed by atoms with Crippen LogP contribution in [0, 0.1) is 5.92 Å². The number of nitrogens with zero attached hydrogens (tertiary/aromatic N) is 2. The van der Waals surface area contributed by atoms with Crippen LogP contribution in [0.4, 0.5) is 0 Å². The largest absolute Gasteiger partial charge is 0.352 e. The number of hydrogen-bond acceptors (Lipinski definition) is 3. The molecule has 28 heavy (non-hydrogen) atoms. The maximum Gasteiger partial charge on any atom is 0.251 e. The van der Waals surface area contributed by atoms with Crippen molar-refractivity contribution in [1.29, 1.82) is 0 Å². The topological polar surface area (TPSA) is 69.7 Å². The number of carbonyl (C=O) groups excluding carboxylic acids is 3. The third-order valence-electron chi connectivity index (χ3n) is 5.75. The minimum Gasteiger partial charge on any atom is -0.352 e. The standard InChI is InChI=1S/C22H31N3O3/c26-20(10-7-13-23-21(27)18-8-3-1-4-9-18)24-16-11-19(12-17-24)22(28)25-14-5-2-6-15-25/h1,3-4,8-9,19H,2,5-7,10-17H2,(H,23,27). The van der Waals surface area contributed by atoms with Gasteiger partial charge in [-0.2, -0.15) is 0 Å². The first-order valence-corrected chi connectivity index (χ1v) is 10.5. The fourth-order valence-electron chi connectivity index (χ4n) is 4.04. The third-order valence-corrected chi connectivity index (χ3v) is 5.75. The van der Waals surface area contributed by atoms with Crippen molar-refractivity contribution < 1.29 is 14.4 Å². The monoisotopic (exact) mass is 385 g/mol. The summed E-state index contributed by atoms with van der Waals surface area (Å²) in [6, 6.07) is 9.08. The zero-order valence-corrected chi connectivity index (χ0v) is 16.6. The van der Waals surface area contributed by atoms with Crippen LogP contribution in [-0.2, 0) is 9.59 Å². The van der Waals surface area contributed by atoms with Gasteiger partial charge in [-0.05, 0) is 50.7 Å². The molecule has 2 aliphatic heterocycles. The number of likely N-dealkylation sites (tertiary alicyclic amines) is 2. The van der Waals surface area contributed by atoms with Crippen LogP contribution >= 0.6 is 0 Å². The Morgan fingerprint density at radius 3 is 2.25 bits per heavy atom. The van der Waals surface area contributed by atoms with Gasteiger partial charge in [0.15, 0.2) is 0 Å². The number of hydrogen-bond donors (Lipinski definition) is 1. The lowest BCUT2D eigenvalue weighted by atomic mass is 9.94. The Morgan fingerprint density at radius 2 is 1.57 bits per heavy atom. The molecule has 0 saturated carbocycles. The van der Waals surface area contributed by atoms with Crippen molar-refractivity contribution in [3.63, 3.8) is 0 Å². The van der Waals surface area contributed by atoms with E-state index in [-0.39, 0.29) is 23.6 Å². The van der Waals surface area contributed by atoms with Crippen molar-refractivity contribution in [3.05, 3.63) is 35.9 Å². The van der Waals surface area contributed by atoms with Crippen LogP contribution < -0.4 is 5.32 Å². The van der Waals surface area contributed by atoms with Gasteiger partial charge in [0.1, 0.15) is 0 Å². The first kappa shape index (κ1) is 20.4. The van der Waals surface area contributed by atoms with E-state index in [4.69, 9.17) is 0 Å². The van der Waals surface area contributed by atoms with Crippen molar-refractivity contribution in [2.75, 3.05) is 32.7 Å². The molecule has 0 aliphatic carbocycles. The molecular formula is C22H31N3O3. The Morgan fingerprint density at radius 1 is 0.893 bits per heavy atom. The Balaban J connectivity index is 1.32. The molecule has 0 atom stereocenters. The van der Waals surface area contributed by atoms with Gasteiger partial charge < -0.3 is 15.1 Å². The molecule has 2 heterocycles. The van der Waals surface area contributed by atoms with Crippen molar-refractivity contribution >= 4 is 17.7 Å². The summed E-state index contributed by atoms with van der Waals surface area (Å²) in [5.74, 6) is 0.380. The molecule has 2 fully saturated rings. The zero-order valence-electron chi connectivity index (χ0n) is 16.6. The molecular weight excluding hydrogens is 354 g/mol. The van der Waals surface area contributed by atoms with Crippen LogP contribution in [0.5, 0.6) is 0 Å². The Labute approximate surface area is 167 Å². The number of benzene rings is 1. The van der Waals surface area contributed by atoms with Crippen molar-refractivity contribution in [1.82, 2.24) is 15.1 Å². The van der Waals surface area contributed by atoms with Gasteiger partial charge in [0.2, 0.25) is 11.8 Å². The third kappa shape index (κ3) is 5.57. The van der Waals surface area contributed by atoms with Crippen LogP contribution in [0.2, 0.25) is 0 Å². The van der Waals surface area contributed by atoms with E-state index >= 15 is 0 Å². The van der Waals surface area contributed by atoms with E-state index in [2.05, 4.69) is 5.32 Å². The summed E-state index contributed by atoms with van der Waals surface area (Å²) in [6.07, 6.45) is 6.05. The molecule has 3 amide bonds. The second kappa shape index (κ2) is 10.2. The number of carbonyl (C=O) groups is 3. The highest BCUT2D eigenvalue weighted by molar-refractivity contribution is 5.94. The summed E-state index contributed by atoms with van der Waals surface area (Å²) in [5.41, 5.74) is 0.634. The Hall–Kier alpha value is -2.37. The normalized spacial score (nSPS) is 18.0. The van der Waals surface area contributed by atoms with E-state index in [1.807, 2.05) is 28.0 Å². The highest BCUT2D eigenvalue weighted by Gasteiger charge is 2.30. The molecule has 6 heteroatoms. The fraction of sp³-hybridized carbons (Fsp3) is 0.591. The smallest absolute Gasteiger partial charge is 0.251 e. The number of rotatable bonds is 6. The van der Waals surface area contributed by atoms with Gasteiger partial charge >= 0.3 is 0 Å². The average molecular weight is 386 g/mol. The number of piperidine rings is 2. The summed E-state index contributed by atoms with van der Waals surface area (Å²) in [6.45, 7) is 3.61. The second-order valence-electron chi connectivity index (χ2n) is 7.77. The minimum absolute atomic E-state index is 0.0762. The summed E-state index contributed by atoms with van der Waals surface area (Å²) in [5, 5.41) is 2.86. The lowest BCUT2D eigenvalue weighted by Crippen LogP contribution is -2.45. The number of amides is 3. The summed E-state index contributed by atoms with van der Waals surface area (Å²) >= 11 is 0. The summed E-state index contributed by atoms with van der Waals surface area (Å²) < 4.78 is 0. The quantitative estimate of drug-likeness (QED) is 0.765. The van der Waals surface area contributed by atoms with Crippen molar-refractivity contribution in [3.8, 4) is 0 Å². The molecule has 2 saturated heterocycles. The molecule has 1 aromatic carbocycles. The maximum atomic E-state index is 12.6. The maximum absolute atomic E-state index is 12.6. The van der Waals surface area contributed by atoms with E-state index in [0.717, 1.165) is 38.8 Å². The minimum atomic E-state index is -0.106. The summed E-state index contributed by atoms with van der Waals surface area (Å²) in [7, 11) is 0. The highest BCUT2D eigenvalue weighted by Crippen LogP contribution is 2.22. The Bertz CT molecular complexity index is 663. The highest BCUT2D eigenvalue weighted by atomic mass is 16.2. The molecule has 1 N–H and O–H groups in total. The average Bonchev–Trinajstić information content (AvgIpc) is 2.77. The van der Waals surface area contributed by atoms with Gasteiger partial charge in [-0.15, -0.1) is 0 Å². The van der Waals surface area contributed by atoms with Gasteiger partial charge in [0.25, 0.3) is 5.91 Å². The van der Waals surface area contributed by atoms with E-state index in [9.17, 15) is 14.4 Å². The molecule has 0 aromatic heterocycles. The first-order chi connectivity index (χ1) is 13.6. The van der Waals surface area contributed by atoms with Crippen molar-refractivity contribution in [2.45, 2.75) is 44.9 Å². The van der Waals surface area contributed by atoms with Crippen LogP contribution in [0.15, 0.2) is 30.3 Å². The van der Waals surface area contributed by atoms with E-state index in [0.29, 0.717) is 38.0 Å². The van der Waals surface area contributed by atoms with Crippen molar-refractivity contribution in [2.24, 2.45) is 5.92 Å². The van der Waals surface area contributed by atoms with Crippen LogP contribution in [0.3, 0.4) is 0 Å². The molecule has 2 aliphatic rings. The van der Waals surface area contributed by atoms with E-state index in [1.54, 1.807) is 12.1 Å². The van der Waals surface area contributed by atoms with Gasteiger partial charge in [0, 0.05) is 50.6 Å². The van der Waals surface area contributed by atoms with Gasteiger partial charge in [-0.25, -0.2) is 0 Å². The molecule has 152 valence electrons. The molecule has 0 spiro atoms. The molecule has 3 rings (SSSR count).